The number of alkyl halides is 3. The first kappa shape index (κ1) is 24.0. The third-order valence-corrected chi connectivity index (χ3v) is 7.38. The van der Waals surface area contributed by atoms with E-state index in [2.05, 4.69) is 25.1 Å². The third-order valence-electron chi connectivity index (χ3n) is 7.14. The molecule has 0 atom stereocenters. The highest BCUT2D eigenvalue weighted by atomic mass is 35.5. The Morgan fingerprint density at radius 3 is 2.46 bits per heavy atom. The lowest BCUT2D eigenvalue weighted by Crippen LogP contribution is -2.53. The summed E-state index contributed by atoms with van der Waals surface area (Å²) in [7, 11) is 0. The number of aryl methyl sites for hydroxylation is 1. The van der Waals surface area contributed by atoms with Crippen molar-refractivity contribution >= 4 is 17.4 Å². The minimum Gasteiger partial charge on any atom is -0.355 e. The Morgan fingerprint density at radius 2 is 1.77 bits per heavy atom. The van der Waals surface area contributed by atoms with Gasteiger partial charge in [-0.05, 0) is 57.4 Å². The summed E-state index contributed by atoms with van der Waals surface area (Å²) in [5.41, 5.74) is 0.335. The summed E-state index contributed by atoms with van der Waals surface area (Å²) in [6, 6.07) is 5.36. The van der Waals surface area contributed by atoms with Gasteiger partial charge in [0.2, 0.25) is 0 Å². The number of hydrogen-bond donors (Lipinski definition) is 0. The highest BCUT2D eigenvalue weighted by Crippen LogP contribution is 2.40. The van der Waals surface area contributed by atoms with E-state index < -0.39 is 11.7 Å². The first-order chi connectivity index (χ1) is 16.5. The number of benzene rings is 1. The Hall–Kier alpha value is -2.72. The molecule has 2 aliphatic rings. The van der Waals surface area contributed by atoms with E-state index in [-0.39, 0.29) is 19.0 Å². The van der Waals surface area contributed by atoms with E-state index in [0.29, 0.717) is 10.8 Å². The van der Waals surface area contributed by atoms with Gasteiger partial charge in [0.05, 0.1) is 24.1 Å². The minimum absolute atomic E-state index is 0.0313. The average Bonchev–Trinajstić information content (AvgIpc) is 3.14. The molecule has 0 radical (unpaired) electrons. The number of rotatable bonds is 3. The van der Waals surface area contributed by atoms with Crippen LogP contribution in [-0.4, -0.2) is 54.4 Å². The summed E-state index contributed by atoms with van der Waals surface area (Å²) < 4.78 is 43.8. The first-order valence-corrected chi connectivity index (χ1v) is 12.0. The number of aromatic nitrogens is 5. The zero-order valence-corrected chi connectivity index (χ0v) is 20.6. The van der Waals surface area contributed by atoms with Crippen LogP contribution in [0.15, 0.2) is 30.6 Å². The highest BCUT2D eigenvalue weighted by Gasteiger charge is 2.52. The molecule has 5 rings (SSSR count). The van der Waals surface area contributed by atoms with E-state index >= 15 is 0 Å². The van der Waals surface area contributed by atoms with Gasteiger partial charge in [0, 0.05) is 36.8 Å². The topological polar surface area (TPSA) is 63.0 Å². The van der Waals surface area contributed by atoms with Crippen molar-refractivity contribution in [2.75, 3.05) is 18.0 Å². The van der Waals surface area contributed by atoms with Crippen molar-refractivity contribution in [2.45, 2.75) is 64.3 Å². The quantitative estimate of drug-likeness (QED) is 0.496. The molecule has 0 bridgehead atoms. The van der Waals surface area contributed by atoms with E-state index in [4.69, 9.17) is 11.6 Å². The zero-order valence-electron chi connectivity index (χ0n) is 19.8. The molecule has 1 aromatic carbocycles. The van der Waals surface area contributed by atoms with E-state index in [1.54, 1.807) is 24.5 Å². The Bertz CT molecular complexity index is 1230. The molecule has 0 aliphatic carbocycles. The molecule has 3 aromatic rings. The molecule has 0 amide bonds. The van der Waals surface area contributed by atoms with Gasteiger partial charge < -0.3 is 4.90 Å². The first-order valence-electron chi connectivity index (χ1n) is 11.6. The van der Waals surface area contributed by atoms with Gasteiger partial charge >= 0.3 is 6.18 Å². The van der Waals surface area contributed by atoms with Gasteiger partial charge in [-0.1, -0.05) is 11.6 Å². The summed E-state index contributed by atoms with van der Waals surface area (Å²) >= 11 is 6.26. The van der Waals surface area contributed by atoms with Crippen molar-refractivity contribution in [3.05, 3.63) is 58.5 Å². The van der Waals surface area contributed by atoms with Crippen molar-refractivity contribution in [1.82, 2.24) is 29.6 Å². The van der Waals surface area contributed by atoms with E-state index in [1.165, 1.54) is 18.7 Å². The molecular weight excluding hydrogens is 479 g/mol. The number of nitrogens with zero attached hydrogens (tertiary/aromatic N) is 7. The van der Waals surface area contributed by atoms with Crippen LogP contribution in [0.1, 0.15) is 55.5 Å². The monoisotopic (exact) mass is 505 g/mol. The fourth-order valence-corrected chi connectivity index (χ4v) is 5.03. The predicted molar refractivity (Wildman–Crippen MR) is 127 cm³/mol. The van der Waals surface area contributed by atoms with Crippen molar-refractivity contribution in [2.24, 2.45) is 0 Å². The second-order valence-electron chi connectivity index (χ2n) is 9.78. The van der Waals surface area contributed by atoms with Gasteiger partial charge in [-0.15, -0.1) is 10.2 Å². The van der Waals surface area contributed by atoms with Crippen molar-refractivity contribution in [1.29, 1.82) is 0 Å². The van der Waals surface area contributed by atoms with Crippen LogP contribution in [0.5, 0.6) is 0 Å². The number of halogens is 4. The zero-order chi connectivity index (χ0) is 25.0. The smallest absolute Gasteiger partial charge is 0.355 e. The molecule has 1 saturated heterocycles. The minimum atomic E-state index is -4.41. The largest absolute Gasteiger partial charge is 0.406 e. The number of hydrogen-bond acceptors (Lipinski definition) is 6. The molecular formula is C24H27ClF3N7. The van der Waals surface area contributed by atoms with Crippen LogP contribution < -0.4 is 4.90 Å². The predicted octanol–water partition coefficient (Wildman–Crippen LogP) is 5.06. The molecule has 0 spiro atoms. The molecule has 0 saturated carbocycles. The summed E-state index contributed by atoms with van der Waals surface area (Å²) in [5, 5.41) is 9.37. The lowest BCUT2D eigenvalue weighted by Gasteiger charge is -2.38. The Morgan fingerprint density at radius 1 is 1.03 bits per heavy atom. The van der Waals surface area contributed by atoms with Crippen molar-refractivity contribution < 1.29 is 13.2 Å². The SMILES string of the molecule is Cc1cncc(N2CCC(c3nnc4n3-c3ccc(Cl)cc3CN(C(C)(C)C(F)(F)F)C4)CC2)n1. The second-order valence-corrected chi connectivity index (χ2v) is 10.2. The molecule has 186 valence electrons. The number of anilines is 1. The van der Waals surface area contributed by atoms with Gasteiger partial charge in [-0.2, -0.15) is 13.2 Å². The fraction of sp³-hybridized carbons (Fsp3) is 0.500. The fourth-order valence-electron chi connectivity index (χ4n) is 4.83. The number of piperidine rings is 1. The molecule has 2 aliphatic heterocycles. The van der Waals surface area contributed by atoms with Gasteiger partial charge in [-0.3, -0.25) is 14.5 Å². The van der Waals surface area contributed by atoms with Crippen LogP contribution in [0.3, 0.4) is 0 Å². The average molecular weight is 506 g/mol. The molecule has 0 N–H and O–H groups in total. The van der Waals surface area contributed by atoms with Gasteiger partial charge in [-0.25, -0.2) is 4.98 Å². The van der Waals surface area contributed by atoms with Crippen LogP contribution in [0.4, 0.5) is 19.0 Å². The highest BCUT2D eigenvalue weighted by molar-refractivity contribution is 6.30. The van der Waals surface area contributed by atoms with Gasteiger partial charge in [0.15, 0.2) is 5.82 Å². The summed E-state index contributed by atoms with van der Waals surface area (Å²) in [6.45, 7) is 6.03. The Balaban J connectivity index is 1.48. The van der Waals surface area contributed by atoms with Crippen LogP contribution in [0.25, 0.3) is 5.69 Å². The summed E-state index contributed by atoms with van der Waals surface area (Å²) in [6.07, 6.45) is 0.750. The maximum absolute atomic E-state index is 14.0. The summed E-state index contributed by atoms with van der Waals surface area (Å²) in [5.74, 6) is 2.26. The van der Waals surface area contributed by atoms with Crippen molar-refractivity contribution in [3.63, 3.8) is 0 Å². The molecule has 7 nitrogen and oxygen atoms in total. The van der Waals surface area contributed by atoms with Crippen LogP contribution in [-0.2, 0) is 13.1 Å². The Kier molecular flexibility index (Phi) is 5.99. The van der Waals surface area contributed by atoms with E-state index in [9.17, 15) is 13.2 Å². The molecule has 35 heavy (non-hydrogen) atoms. The normalized spacial score (nSPS) is 17.7. The van der Waals surface area contributed by atoms with E-state index in [0.717, 1.165) is 54.5 Å². The second kappa shape index (κ2) is 8.74. The third kappa shape index (κ3) is 4.38. The molecule has 1 fully saturated rings. The molecule has 11 heteroatoms. The standard InChI is InChI=1S/C24H27ClF3N7/c1-15-11-29-12-20(30-15)33-8-6-16(7-9-33)22-32-31-21-14-34(23(2,3)24(26,27)28)13-17-10-18(25)4-5-19(17)35(21)22/h4-5,10-12,16H,6-9,13-14H2,1-3H3. The molecule has 4 heterocycles. The lowest BCUT2D eigenvalue weighted by molar-refractivity contribution is -0.224. The van der Waals surface area contributed by atoms with Gasteiger partial charge in [0.1, 0.15) is 17.2 Å². The Labute approximate surface area is 206 Å². The van der Waals surface area contributed by atoms with Crippen LogP contribution in [0, 0.1) is 6.92 Å². The van der Waals surface area contributed by atoms with Crippen molar-refractivity contribution in [3.8, 4) is 5.69 Å². The lowest BCUT2D eigenvalue weighted by atomic mass is 9.95. The molecule has 0 unspecified atom stereocenters. The van der Waals surface area contributed by atoms with Gasteiger partial charge in [0.25, 0.3) is 0 Å². The maximum atomic E-state index is 14.0. The number of fused-ring (bicyclic) bond motifs is 3. The van der Waals surface area contributed by atoms with Crippen LogP contribution >= 0.6 is 11.6 Å². The molecule has 2 aromatic heterocycles. The van der Waals surface area contributed by atoms with E-state index in [1.807, 2.05) is 17.6 Å². The summed E-state index contributed by atoms with van der Waals surface area (Å²) in [4.78, 5) is 12.4. The maximum Gasteiger partial charge on any atom is 0.406 e. The van der Waals surface area contributed by atoms with Crippen LogP contribution in [0.2, 0.25) is 5.02 Å².